The zero-order valence-corrected chi connectivity index (χ0v) is 21.0. The van der Waals surface area contributed by atoms with Gasteiger partial charge in [-0.3, -0.25) is 9.88 Å². The average molecular weight is 482 g/mol. The number of pyridine rings is 1. The SMILES string of the molecule is C=CCNCc1cc(CN(Cc2nc3ccccc3[nH]2)C2CCCc3cccnc32)ccc1COC. The summed E-state index contributed by atoms with van der Waals surface area (Å²) in [6.45, 7) is 7.55. The zero-order valence-electron chi connectivity index (χ0n) is 21.0. The lowest BCUT2D eigenvalue weighted by atomic mass is 9.90. The number of aromatic amines is 1. The van der Waals surface area contributed by atoms with Crippen molar-refractivity contribution in [2.45, 2.75) is 51.5 Å². The molecule has 2 aromatic carbocycles. The summed E-state index contributed by atoms with van der Waals surface area (Å²) < 4.78 is 5.46. The van der Waals surface area contributed by atoms with E-state index >= 15 is 0 Å². The topological polar surface area (TPSA) is 66.1 Å². The number of fused-ring (bicyclic) bond motifs is 2. The monoisotopic (exact) mass is 481 g/mol. The fourth-order valence-electron chi connectivity index (χ4n) is 5.27. The number of hydrogen-bond donors (Lipinski definition) is 2. The molecule has 0 bridgehead atoms. The van der Waals surface area contributed by atoms with Crippen molar-refractivity contribution in [3.63, 3.8) is 0 Å². The molecule has 0 spiro atoms. The molecule has 1 atom stereocenters. The highest BCUT2D eigenvalue weighted by Gasteiger charge is 2.28. The molecule has 1 aliphatic carbocycles. The highest BCUT2D eigenvalue weighted by molar-refractivity contribution is 5.74. The summed E-state index contributed by atoms with van der Waals surface area (Å²) in [5, 5.41) is 3.45. The van der Waals surface area contributed by atoms with Gasteiger partial charge < -0.3 is 15.0 Å². The Hall–Kier alpha value is -3.32. The summed E-state index contributed by atoms with van der Waals surface area (Å²) >= 11 is 0. The lowest BCUT2D eigenvalue weighted by molar-refractivity contribution is 0.153. The van der Waals surface area contributed by atoms with Gasteiger partial charge in [0.1, 0.15) is 5.82 Å². The molecule has 0 saturated heterocycles. The minimum Gasteiger partial charge on any atom is -0.380 e. The lowest BCUT2D eigenvalue weighted by Gasteiger charge is -2.34. The van der Waals surface area contributed by atoms with Crippen LogP contribution in [0.1, 0.15) is 52.7 Å². The first kappa shape index (κ1) is 24.4. The van der Waals surface area contributed by atoms with Crippen molar-refractivity contribution in [2.75, 3.05) is 13.7 Å². The minimum atomic E-state index is 0.254. The molecule has 2 aromatic heterocycles. The Labute approximate surface area is 213 Å². The molecule has 2 heterocycles. The molecule has 0 amide bonds. The largest absolute Gasteiger partial charge is 0.380 e. The van der Waals surface area contributed by atoms with E-state index in [0.29, 0.717) is 6.61 Å². The first-order valence-electron chi connectivity index (χ1n) is 12.8. The fourth-order valence-corrected chi connectivity index (χ4v) is 5.27. The summed E-state index contributed by atoms with van der Waals surface area (Å²) in [5.41, 5.74) is 8.43. The number of H-pyrrole nitrogens is 1. The quantitative estimate of drug-likeness (QED) is 0.220. The van der Waals surface area contributed by atoms with Gasteiger partial charge in [-0.2, -0.15) is 0 Å². The van der Waals surface area contributed by atoms with Crippen molar-refractivity contribution in [1.29, 1.82) is 0 Å². The predicted molar refractivity (Wildman–Crippen MR) is 144 cm³/mol. The Kier molecular flexibility index (Phi) is 7.86. The van der Waals surface area contributed by atoms with E-state index in [-0.39, 0.29) is 6.04 Å². The zero-order chi connectivity index (χ0) is 24.7. The Balaban J connectivity index is 1.46. The summed E-state index contributed by atoms with van der Waals surface area (Å²) in [7, 11) is 1.75. The van der Waals surface area contributed by atoms with Crippen LogP contribution in [0.3, 0.4) is 0 Å². The van der Waals surface area contributed by atoms with Crippen molar-refractivity contribution in [3.05, 3.63) is 107 Å². The molecule has 0 radical (unpaired) electrons. The summed E-state index contributed by atoms with van der Waals surface area (Å²) in [6.07, 6.45) is 7.19. The van der Waals surface area contributed by atoms with Crippen LogP contribution in [-0.2, 0) is 37.4 Å². The third-order valence-electron chi connectivity index (χ3n) is 6.96. The molecule has 6 heteroatoms. The number of nitrogens with one attached hydrogen (secondary N) is 2. The number of imidazole rings is 1. The molecule has 6 nitrogen and oxygen atoms in total. The van der Waals surface area contributed by atoms with Gasteiger partial charge in [0.05, 0.1) is 35.9 Å². The Morgan fingerprint density at radius 3 is 2.92 bits per heavy atom. The van der Waals surface area contributed by atoms with Crippen LogP contribution < -0.4 is 5.32 Å². The second-order valence-corrected chi connectivity index (χ2v) is 9.52. The number of hydrogen-bond acceptors (Lipinski definition) is 5. The minimum absolute atomic E-state index is 0.254. The molecule has 1 aliphatic rings. The molecule has 0 saturated carbocycles. The maximum atomic E-state index is 5.46. The highest BCUT2D eigenvalue weighted by atomic mass is 16.5. The van der Waals surface area contributed by atoms with Crippen molar-refractivity contribution >= 4 is 11.0 Å². The molecular formula is C30H35N5O. The van der Waals surface area contributed by atoms with Crippen LogP contribution >= 0.6 is 0 Å². The van der Waals surface area contributed by atoms with Crippen LogP contribution in [-0.4, -0.2) is 33.5 Å². The number of nitrogens with zero attached hydrogens (tertiary/aromatic N) is 3. The van der Waals surface area contributed by atoms with E-state index in [1.54, 1.807) is 7.11 Å². The molecule has 0 aliphatic heterocycles. The van der Waals surface area contributed by atoms with Gasteiger partial charge in [0, 0.05) is 32.9 Å². The van der Waals surface area contributed by atoms with Crippen LogP contribution in [0.4, 0.5) is 0 Å². The summed E-state index contributed by atoms with van der Waals surface area (Å²) in [4.78, 5) is 15.8. The number of aryl methyl sites for hydroxylation is 1. The first-order valence-corrected chi connectivity index (χ1v) is 12.8. The number of para-hydroxylation sites is 2. The van der Waals surface area contributed by atoms with Gasteiger partial charge in [-0.15, -0.1) is 6.58 Å². The van der Waals surface area contributed by atoms with Gasteiger partial charge in [0.25, 0.3) is 0 Å². The standard InChI is InChI=1S/C30H35N5O/c1-3-15-31-18-25-17-22(13-14-24(25)21-36-2)19-35(20-29-33-26-10-4-5-11-27(26)34-29)28-12-6-8-23-9-7-16-32-30(23)28/h3-5,7,9-11,13-14,16-17,28,31H,1,6,8,12,15,18-21H2,2H3,(H,33,34). The molecule has 5 rings (SSSR count). The lowest BCUT2D eigenvalue weighted by Crippen LogP contribution is -2.32. The molecule has 36 heavy (non-hydrogen) atoms. The molecule has 2 N–H and O–H groups in total. The number of rotatable bonds is 11. The molecule has 186 valence electrons. The highest BCUT2D eigenvalue weighted by Crippen LogP contribution is 2.35. The summed E-state index contributed by atoms with van der Waals surface area (Å²) in [6, 6.07) is 19.5. The van der Waals surface area contributed by atoms with Gasteiger partial charge in [0.2, 0.25) is 0 Å². The fraction of sp³-hybridized carbons (Fsp3) is 0.333. The normalized spacial score (nSPS) is 15.3. The number of ether oxygens (including phenoxy) is 1. The van der Waals surface area contributed by atoms with Gasteiger partial charge in [0.15, 0.2) is 0 Å². The van der Waals surface area contributed by atoms with Crippen molar-refractivity contribution < 1.29 is 4.74 Å². The van der Waals surface area contributed by atoms with E-state index in [1.807, 2.05) is 24.4 Å². The Bertz CT molecular complexity index is 1280. The second kappa shape index (κ2) is 11.6. The predicted octanol–water partition coefficient (Wildman–Crippen LogP) is 5.46. The van der Waals surface area contributed by atoms with Crippen molar-refractivity contribution in [1.82, 2.24) is 25.2 Å². The number of methoxy groups -OCH3 is 1. The number of aromatic nitrogens is 3. The van der Waals surface area contributed by atoms with Crippen LogP contribution in [0.15, 0.2) is 73.4 Å². The van der Waals surface area contributed by atoms with Gasteiger partial charge in [-0.1, -0.05) is 42.5 Å². The smallest absolute Gasteiger partial charge is 0.121 e. The van der Waals surface area contributed by atoms with E-state index in [0.717, 1.165) is 55.9 Å². The molecule has 1 unspecified atom stereocenters. The third kappa shape index (κ3) is 5.57. The number of benzene rings is 2. The van der Waals surface area contributed by atoms with E-state index in [1.165, 1.54) is 34.4 Å². The van der Waals surface area contributed by atoms with Crippen LogP contribution in [0.25, 0.3) is 11.0 Å². The van der Waals surface area contributed by atoms with E-state index in [2.05, 4.69) is 64.2 Å². The van der Waals surface area contributed by atoms with Gasteiger partial charge in [-0.05, 0) is 59.7 Å². The van der Waals surface area contributed by atoms with E-state index < -0.39 is 0 Å². The molecule has 4 aromatic rings. The maximum Gasteiger partial charge on any atom is 0.121 e. The van der Waals surface area contributed by atoms with E-state index in [4.69, 9.17) is 14.7 Å². The van der Waals surface area contributed by atoms with E-state index in [9.17, 15) is 0 Å². The van der Waals surface area contributed by atoms with Crippen LogP contribution in [0, 0.1) is 0 Å². The Morgan fingerprint density at radius 1 is 1.14 bits per heavy atom. The van der Waals surface area contributed by atoms with Gasteiger partial charge >= 0.3 is 0 Å². The molecule has 0 fully saturated rings. The first-order chi connectivity index (χ1) is 17.7. The van der Waals surface area contributed by atoms with Gasteiger partial charge in [-0.25, -0.2) is 4.98 Å². The van der Waals surface area contributed by atoms with Crippen molar-refractivity contribution in [2.24, 2.45) is 0 Å². The third-order valence-corrected chi connectivity index (χ3v) is 6.96. The molecular weight excluding hydrogens is 446 g/mol. The Morgan fingerprint density at radius 2 is 2.06 bits per heavy atom. The van der Waals surface area contributed by atoms with Crippen molar-refractivity contribution in [3.8, 4) is 0 Å². The van der Waals surface area contributed by atoms with Crippen LogP contribution in [0.5, 0.6) is 0 Å². The van der Waals surface area contributed by atoms with Crippen LogP contribution in [0.2, 0.25) is 0 Å². The summed E-state index contributed by atoms with van der Waals surface area (Å²) in [5.74, 6) is 0.989. The average Bonchev–Trinajstić information content (AvgIpc) is 3.32. The second-order valence-electron chi connectivity index (χ2n) is 9.52. The maximum absolute atomic E-state index is 5.46.